The monoisotopic (exact) mass is 316 g/mol. The van der Waals surface area contributed by atoms with E-state index in [4.69, 9.17) is 0 Å². The van der Waals surface area contributed by atoms with Gasteiger partial charge in [-0.3, -0.25) is 20.2 Å². The average molecular weight is 316 g/mol. The molecule has 1 aromatic heterocycles. The Kier molecular flexibility index (Phi) is 5.03. The van der Waals surface area contributed by atoms with Crippen LogP contribution in [0.25, 0.3) is 5.69 Å². The number of aromatic nitrogens is 3. The van der Waals surface area contributed by atoms with Crippen LogP contribution in [0.15, 0.2) is 30.3 Å². The van der Waals surface area contributed by atoms with E-state index in [2.05, 4.69) is 20.7 Å². The molecule has 0 aliphatic rings. The third kappa shape index (κ3) is 4.63. The highest BCUT2D eigenvalue weighted by Gasteiger charge is 2.14. The molecule has 2 N–H and O–H groups in total. The van der Waals surface area contributed by atoms with Gasteiger partial charge >= 0.3 is 0 Å². The first-order valence-electron chi connectivity index (χ1n) is 6.75. The highest BCUT2D eigenvalue weighted by atomic mass is 16.4. The average Bonchev–Trinajstić information content (AvgIpc) is 2.87. The van der Waals surface area contributed by atoms with Gasteiger partial charge in [-0.1, -0.05) is 18.2 Å². The molecule has 120 valence electrons. The SMILES string of the molecule is CC(=O)Nc1nc(NC(=O)CCC(=O)[O-])n(-c2ccccc2)n1. The van der Waals surface area contributed by atoms with Crippen molar-refractivity contribution in [2.45, 2.75) is 19.8 Å². The van der Waals surface area contributed by atoms with Gasteiger partial charge in [0, 0.05) is 19.3 Å². The molecule has 1 aromatic carbocycles. The molecule has 9 heteroatoms. The maximum absolute atomic E-state index is 11.8. The molecule has 2 rings (SSSR count). The van der Waals surface area contributed by atoms with Crippen LogP contribution in [0.3, 0.4) is 0 Å². The number of hydrogen-bond donors (Lipinski definition) is 2. The van der Waals surface area contributed by atoms with Crippen LogP contribution in [0, 0.1) is 0 Å². The van der Waals surface area contributed by atoms with Gasteiger partial charge in [0.2, 0.25) is 17.8 Å². The maximum Gasteiger partial charge on any atom is 0.251 e. The molecule has 0 atom stereocenters. The van der Waals surface area contributed by atoms with E-state index in [1.54, 1.807) is 24.3 Å². The van der Waals surface area contributed by atoms with Crippen molar-refractivity contribution in [1.82, 2.24) is 14.8 Å². The molecule has 0 unspecified atom stereocenters. The zero-order valence-corrected chi connectivity index (χ0v) is 12.3. The molecule has 0 bridgehead atoms. The second-order valence-corrected chi connectivity index (χ2v) is 4.61. The number of carbonyl (C=O) groups is 3. The fourth-order valence-electron chi connectivity index (χ4n) is 1.76. The quantitative estimate of drug-likeness (QED) is 0.752. The third-order valence-electron chi connectivity index (χ3n) is 2.70. The summed E-state index contributed by atoms with van der Waals surface area (Å²) >= 11 is 0. The fraction of sp³-hybridized carbons (Fsp3) is 0.214. The Morgan fingerprint density at radius 1 is 1.13 bits per heavy atom. The number of amides is 2. The number of aliphatic carboxylic acids is 1. The van der Waals surface area contributed by atoms with Gasteiger partial charge in [-0.25, -0.2) is 0 Å². The predicted octanol–water partition coefficient (Wildman–Crippen LogP) is -0.306. The summed E-state index contributed by atoms with van der Waals surface area (Å²) in [7, 11) is 0. The molecule has 0 spiro atoms. The van der Waals surface area contributed by atoms with Crippen molar-refractivity contribution >= 4 is 29.7 Å². The van der Waals surface area contributed by atoms with Crippen LogP contribution in [0.1, 0.15) is 19.8 Å². The largest absolute Gasteiger partial charge is 0.550 e. The smallest absolute Gasteiger partial charge is 0.251 e. The van der Waals surface area contributed by atoms with Crippen LogP contribution in [0.5, 0.6) is 0 Å². The Morgan fingerprint density at radius 3 is 2.43 bits per heavy atom. The summed E-state index contributed by atoms with van der Waals surface area (Å²) in [6, 6.07) is 8.84. The number of hydrogen-bond acceptors (Lipinski definition) is 6. The first-order valence-corrected chi connectivity index (χ1v) is 6.75. The second kappa shape index (κ2) is 7.16. The van der Waals surface area contributed by atoms with Crippen molar-refractivity contribution in [3.63, 3.8) is 0 Å². The van der Waals surface area contributed by atoms with Gasteiger partial charge in [0.1, 0.15) is 0 Å². The van der Waals surface area contributed by atoms with Crippen molar-refractivity contribution in [2.24, 2.45) is 0 Å². The number of nitrogens with zero attached hydrogens (tertiary/aromatic N) is 3. The summed E-state index contributed by atoms with van der Waals surface area (Å²) in [5.74, 6) is -2.12. The minimum absolute atomic E-state index is 0.0246. The molecule has 9 nitrogen and oxygen atoms in total. The number of rotatable bonds is 6. The lowest BCUT2D eigenvalue weighted by molar-refractivity contribution is -0.305. The standard InChI is InChI=1S/C14H15N5O4/c1-9(20)15-13-17-14(16-11(21)7-8-12(22)23)19(18-13)10-5-3-2-4-6-10/h2-6H,7-8H2,1H3,(H,22,23)(H2,15,16,17,18,20,21)/p-1. The van der Waals surface area contributed by atoms with Crippen molar-refractivity contribution in [1.29, 1.82) is 0 Å². The summed E-state index contributed by atoms with van der Waals surface area (Å²) in [6.45, 7) is 1.31. The number of benzene rings is 1. The summed E-state index contributed by atoms with van der Waals surface area (Å²) in [5, 5.41) is 19.4. The lowest BCUT2D eigenvalue weighted by atomic mass is 10.3. The van der Waals surface area contributed by atoms with Gasteiger partial charge in [-0.15, -0.1) is 5.10 Å². The minimum atomic E-state index is -1.32. The second-order valence-electron chi connectivity index (χ2n) is 4.61. The Bertz CT molecular complexity index is 726. The summed E-state index contributed by atoms with van der Waals surface area (Å²) in [6.07, 6.45) is -0.649. The Balaban J connectivity index is 2.25. The normalized spacial score (nSPS) is 10.1. The van der Waals surface area contributed by atoms with Crippen LogP contribution in [0.2, 0.25) is 0 Å². The molecule has 2 aromatic rings. The van der Waals surface area contributed by atoms with E-state index in [9.17, 15) is 19.5 Å². The lowest BCUT2D eigenvalue weighted by Gasteiger charge is -2.07. The molecule has 0 radical (unpaired) electrons. The molecule has 0 saturated heterocycles. The molecule has 1 heterocycles. The number of anilines is 2. The van der Waals surface area contributed by atoms with Crippen LogP contribution < -0.4 is 15.7 Å². The van der Waals surface area contributed by atoms with Crippen LogP contribution in [-0.2, 0) is 14.4 Å². The number of carboxylic acid groups (broad SMARTS) is 1. The van der Waals surface area contributed by atoms with Crippen molar-refractivity contribution in [3.05, 3.63) is 30.3 Å². The summed E-state index contributed by atoms with van der Waals surface area (Å²) in [4.78, 5) is 37.3. The van der Waals surface area contributed by atoms with E-state index in [-0.39, 0.29) is 24.2 Å². The highest BCUT2D eigenvalue weighted by Crippen LogP contribution is 2.16. The van der Waals surface area contributed by atoms with Crippen LogP contribution >= 0.6 is 0 Å². The Morgan fingerprint density at radius 2 is 1.83 bits per heavy atom. The number of para-hydroxylation sites is 1. The fourth-order valence-corrected chi connectivity index (χ4v) is 1.76. The zero-order valence-electron chi connectivity index (χ0n) is 12.3. The summed E-state index contributed by atoms with van der Waals surface area (Å²) in [5.41, 5.74) is 0.617. The van der Waals surface area contributed by atoms with E-state index in [0.717, 1.165) is 0 Å². The van der Waals surface area contributed by atoms with Gasteiger partial charge in [0.05, 0.1) is 5.69 Å². The summed E-state index contributed by atoms with van der Waals surface area (Å²) < 4.78 is 1.34. The molecular weight excluding hydrogens is 302 g/mol. The molecule has 23 heavy (non-hydrogen) atoms. The maximum atomic E-state index is 11.8. The predicted molar refractivity (Wildman–Crippen MR) is 78.5 cm³/mol. The first kappa shape index (κ1) is 16.1. The highest BCUT2D eigenvalue weighted by molar-refractivity contribution is 5.91. The molecule has 0 aliphatic heterocycles. The minimum Gasteiger partial charge on any atom is -0.550 e. The van der Waals surface area contributed by atoms with E-state index in [1.807, 2.05) is 6.07 Å². The zero-order chi connectivity index (χ0) is 16.8. The van der Waals surface area contributed by atoms with Crippen LogP contribution in [0.4, 0.5) is 11.9 Å². The van der Waals surface area contributed by atoms with E-state index < -0.39 is 18.3 Å². The topological polar surface area (TPSA) is 129 Å². The number of carboxylic acids is 1. The number of carbonyl (C=O) groups excluding carboxylic acids is 3. The lowest BCUT2D eigenvalue weighted by Crippen LogP contribution is -2.24. The molecular formula is C14H14N5O4-. The molecule has 0 fully saturated rings. The van der Waals surface area contributed by atoms with Gasteiger partial charge < -0.3 is 9.90 Å². The van der Waals surface area contributed by atoms with E-state index in [1.165, 1.54) is 11.6 Å². The van der Waals surface area contributed by atoms with E-state index in [0.29, 0.717) is 5.69 Å². The van der Waals surface area contributed by atoms with Gasteiger partial charge in [0.25, 0.3) is 5.95 Å². The molecule has 0 saturated carbocycles. The van der Waals surface area contributed by atoms with Crippen LogP contribution in [-0.4, -0.2) is 32.5 Å². The molecule has 2 amide bonds. The molecule has 0 aliphatic carbocycles. The first-order chi connectivity index (χ1) is 11.0. The number of nitrogens with one attached hydrogen (secondary N) is 2. The van der Waals surface area contributed by atoms with Crippen molar-refractivity contribution in [3.8, 4) is 5.69 Å². The van der Waals surface area contributed by atoms with Crippen molar-refractivity contribution < 1.29 is 19.5 Å². The van der Waals surface area contributed by atoms with Crippen molar-refractivity contribution in [2.75, 3.05) is 10.6 Å². The van der Waals surface area contributed by atoms with Gasteiger partial charge in [0.15, 0.2) is 0 Å². The van der Waals surface area contributed by atoms with Gasteiger partial charge in [-0.05, 0) is 18.6 Å². The third-order valence-corrected chi connectivity index (χ3v) is 2.70. The Hall–Kier alpha value is -3.23. The van der Waals surface area contributed by atoms with E-state index >= 15 is 0 Å². The Labute approximate surface area is 131 Å². The van der Waals surface area contributed by atoms with Gasteiger partial charge in [-0.2, -0.15) is 9.67 Å².